The minimum atomic E-state index is 0.494. The van der Waals surface area contributed by atoms with Crippen molar-refractivity contribution in [1.82, 2.24) is 4.90 Å². The highest BCUT2D eigenvalue weighted by molar-refractivity contribution is 5.80. The largest absolute Gasteiger partial charge is 0.370 e. The molecule has 1 aromatic carbocycles. The molecule has 0 spiro atoms. The van der Waals surface area contributed by atoms with E-state index in [1.165, 1.54) is 31.2 Å². The molecular weight excluding hydrogens is 246 g/mol. The molecule has 0 saturated heterocycles. The number of nitrogens with two attached hydrogens (primary N) is 1. The maximum absolute atomic E-state index is 6.14. The monoisotopic (exact) mass is 271 g/mol. The van der Waals surface area contributed by atoms with Crippen molar-refractivity contribution in [1.29, 1.82) is 0 Å². The van der Waals surface area contributed by atoms with Gasteiger partial charge in [-0.3, -0.25) is 4.99 Å². The highest BCUT2D eigenvalue weighted by atomic mass is 15.3. The van der Waals surface area contributed by atoms with Gasteiger partial charge in [0.1, 0.15) is 0 Å². The lowest BCUT2D eigenvalue weighted by molar-refractivity contribution is 0.241. The van der Waals surface area contributed by atoms with Crippen molar-refractivity contribution in [3.05, 3.63) is 35.9 Å². The van der Waals surface area contributed by atoms with E-state index in [9.17, 15) is 0 Å². The van der Waals surface area contributed by atoms with Gasteiger partial charge in [-0.1, -0.05) is 50.1 Å². The van der Waals surface area contributed by atoms with Gasteiger partial charge in [-0.05, 0) is 30.7 Å². The first-order valence-corrected chi connectivity index (χ1v) is 7.89. The molecule has 0 amide bonds. The average Bonchev–Trinajstić information content (AvgIpc) is 3.10. The van der Waals surface area contributed by atoms with E-state index in [1.807, 2.05) is 0 Å². The zero-order valence-corrected chi connectivity index (χ0v) is 12.3. The summed E-state index contributed by atoms with van der Waals surface area (Å²) in [5.41, 5.74) is 7.56. The molecular formula is C17H25N3. The molecule has 0 radical (unpaired) electrons. The molecule has 1 aliphatic carbocycles. The number of rotatable bonds is 4. The van der Waals surface area contributed by atoms with Crippen LogP contribution in [0.15, 0.2) is 35.3 Å². The summed E-state index contributed by atoms with van der Waals surface area (Å²) in [5, 5.41) is 0. The standard InChI is InChI=1S/C17H25N3/c1-13(14-7-3-2-4-8-14)11-16-12-19-17(18)20(16)15-9-5-6-10-15/h2-4,7-8,13,15-16H,5-6,9-12H2,1H3,(H2,18,19). The van der Waals surface area contributed by atoms with Gasteiger partial charge >= 0.3 is 0 Å². The highest BCUT2D eigenvalue weighted by Crippen LogP contribution is 2.31. The predicted octanol–water partition coefficient (Wildman–Crippen LogP) is 3.12. The number of hydrogen-bond donors (Lipinski definition) is 1. The van der Waals surface area contributed by atoms with Crippen LogP contribution in [-0.4, -0.2) is 29.5 Å². The first-order valence-electron chi connectivity index (χ1n) is 7.89. The van der Waals surface area contributed by atoms with Crippen LogP contribution in [0.5, 0.6) is 0 Å². The van der Waals surface area contributed by atoms with E-state index in [1.54, 1.807) is 0 Å². The van der Waals surface area contributed by atoms with Crippen LogP contribution in [-0.2, 0) is 0 Å². The van der Waals surface area contributed by atoms with Crippen molar-refractivity contribution >= 4 is 5.96 Å². The van der Waals surface area contributed by atoms with Crippen LogP contribution in [0.2, 0.25) is 0 Å². The third-order valence-corrected chi connectivity index (χ3v) is 4.83. The molecule has 3 nitrogen and oxygen atoms in total. The van der Waals surface area contributed by atoms with Crippen molar-refractivity contribution in [2.75, 3.05) is 6.54 Å². The molecule has 20 heavy (non-hydrogen) atoms. The molecule has 1 fully saturated rings. The van der Waals surface area contributed by atoms with E-state index in [4.69, 9.17) is 5.73 Å². The van der Waals surface area contributed by atoms with Gasteiger partial charge in [0.2, 0.25) is 0 Å². The van der Waals surface area contributed by atoms with E-state index >= 15 is 0 Å². The summed E-state index contributed by atoms with van der Waals surface area (Å²) in [6, 6.07) is 11.9. The molecule has 3 heteroatoms. The molecule has 1 aromatic rings. The summed E-state index contributed by atoms with van der Waals surface area (Å²) in [6.07, 6.45) is 6.40. The normalized spacial score (nSPS) is 24.9. The second kappa shape index (κ2) is 5.86. The van der Waals surface area contributed by atoms with Gasteiger partial charge in [-0.25, -0.2) is 0 Å². The molecule has 1 heterocycles. The van der Waals surface area contributed by atoms with Crippen LogP contribution >= 0.6 is 0 Å². The highest BCUT2D eigenvalue weighted by Gasteiger charge is 2.34. The zero-order chi connectivity index (χ0) is 13.9. The van der Waals surface area contributed by atoms with Crippen LogP contribution in [0, 0.1) is 0 Å². The topological polar surface area (TPSA) is 41.6 Å². The second-order valence-electron chi connectivity index (χ2n) is 6.25. The maximum atomic E-state index is 6.14. The first kappa shape index (κ1) is 13.5. The van der Waals surface area contributed by atoms with Gasteiger partial charge in [0.15, 0.2) is 5.96 Å². The van der Waals surface area contributed by atoms with Gasteiger partial charge in [-0.15, -0.1) is 0 Å². The first-order chi connectivity index (χ1) is 9.75. The SMILES string of the molecule is CC(CC1CN=C(N)N1C1CCCC1)c1ccccc1. The summed E-state index contributed by atoms with van der Waals surface area (Å²) in [4.78, 5) is 6.93. The molecule has 1 saturated carbocycles. The van der Waals surface area contributed by atoms with E-state index in [-0.39, 0.29) is 0 Å². The molecule has 0 bridgehead atoms. The smallest absolute Gasteiger partial charge is 0.191 e. The number of hydrogen-bond acceptors (Lipinski definition) is 3. The van der Waals surface area contributed by atoms with E-state index < -0.39 is 0 Å². The quantitative estimate of drug-likeness (QED) is 0.914. The number of aliphatic imine (C=N–C) groups is 1. The van der Waals surface area contributed by atoms with Crippen LogP contribution < -0.4 is 5.73 Å². The average molecular weight is 271 g/mol. The van der Waals surface area contributed by atoms with Gasteiger partial charge in [0.25, 0.3) is 0 Å². The Balaban J connectivity index is 1.67. The molecule has 2 N–H and O–H groups in total. The fraction of sp³-hybridized carbons (Fsp3) is 0.588. The molecule has 2 unspecified atom stereocenters. The van der Waals surface area contributed by atoms with Gasteiger partial charge in [0.05, 0.1) is 12.6 Å². The summed E-state index contributed by atoms with van der Waals surface area (Å²) in [6.45, 7) is 3.19. The van der Waals surface area contributed by atoms with Gasteiger partial charge in [-0.2, -0.15) is 0 Å². The summed E-state index contributed by atoms with van der Waals surface area (Å²) in [5.74, 6) is 1.34. The van der Waals surface area contributed by atoms with Crippen molar-refractivity contribution in [2.45, 2.75) is 57.0 Å². The lowest BCUT2D eigenvalue weighted by Gasteiger charge is -2.33. The summed E-state index contributed by atoms with van der Waals surface area (Å²) >= 11 is 0. The minimum absolute atomic E-state index is 0.494. The lowest BCUT2D eigenvalue weighted by atomic mass is 9.93. The maximum Gasteiger partial charge on any atom is 0.191 e. The minimum Gasteiger partial charge on any atom is -0.370 e. The van der Waals surface area contributed by atoms with E-state index in [2.05, 4.69) is 47.1 Å². The van der Waals surface area contributed by atoms with Crippen LogP contribution in [0.1, 0.15) is 50.5 Å². The Morgan fingerprint density at radius 1 is 1.25 bits per heavy atom. The Morgan fingerprint density at radius 2 is 1.95 bits per heavy atom. The van der Waals surface area contributed by atoms with Gasteiger partial charge in [0, 0.05) is 6.04 Å². The van der Waals surface area contributed by atoms with E-state index in [0.717, 1.165) is 18.9 Å². The zero-order valence-electron chi connectivity index (χ0n) is 12.3. The number of nitrogens with zero attached hydrogens (tertiary/aromatic N) is 2. The summed E-state index contributed by atoms with van der Waals surface area (Å²) in [7, 11) is 0. The molecule has 0 aromatic heterocycles. The Morgan fingerprint density at radius 3 is 2.65 bits per heavy atom. The lowest BCUT2D eigenvalue weighted by Crippen LogP contribution is -2.46. The van der Waals surface area contributed by atoms with Gasteiger partial charge < -0.3 is 10.6 Å². The predicted molar refractivity (Wildman–Crippen MR) is 83.8 cm³/mol. The molecule has 3 rings (SSSR count). The Labute approximate surface area is 121 Å². The number of benzene rings is 1. The summed E-state index contributed by atoms with van der Waals surface area (Å²) < 4.78 is 0. The Hall–Kier alpha value is -1.51. The van der Waals surface area contributed by atoms with Crippen LogP contribution in [0.3, 0.4) is 0 Å². The second-order valence-corrected chi connectivity index (χ2v) is 6.25. The van der Waals surface area contributed by atoms with Crippen LogP contribution in [0.4, 0.5) is 0 Å². The number of guanidine groups is 1. The molecule has 2 aliphatic rings. The molecule has 108 valence electrons. The third-order valence-electron chi connectivity index (χ3n) is 4.83. The van der Waals surface area contributed by atoms with E-state index in [0.29, 0.717) is 18.0 Å². The molecule has 1 aliphatic heterocycles. The fourth-order valence-electron chi connectivity index (χ4n) is 3.74. The van der Waals surface area contributed by atoms with Crippen molar-refractivity contribution < 1.29 is 0 Å². The fourth-order valence-corrected chi connectivity index (χ4v) is 3.74. The van der Waals surface area contributed by atoms with Crippen LogP contribution in [0.25, 0.3) is 0 Å². The Bertz CT molecular complexity index is 462. The molecule has 2 atom stereocenters. The third kappa shape index (κ3) is 2.67. The van der Waals surface area contributed by atoms with Crippen molar-refractivity contribution in [3.63, 3.8) is 0 Å². The van der Waals surface area contributed by atoms with Crippen molar-refractivity contribution in [2.24, 2.45) is 10.7 Å². The Kier molecular flexibility index (Phi) is 3.95. The van der Waals surface area contributed by atoms with Crippen molar-refractivity contribution in [3.8, 4) is 0 Å².